The highest BCUT2D eigenvalue weighted by Crippen LogP contribution is 2.44. The van der Waals surface area contributed by atoms with Gasteiger partial charge < -0.3 is 4.74 Å². The van der Waals surface area contributed by atoms with Gasteiger partial charge >= 0.3 is 0 Å². The second-order valence-corrected chi connectivity index (χ2v) is 8.75. The Labute approximate surface area is 174 Å². The molecule has 0 unspecified atom stereocenters. The Morgan fingerprint density at radius 3 is 2.14 bits per heavy atom. The third-order valence-electron chi connectivity index (χ3n) is 5.99. The molecule has 0 bridgehead atoms. The summed E-state index contributed by atoms with van der Waals surface area (Å²) in [7, 11) is 0. The van der Waals surface area contributed by atoms with E-state index in [1.165, 1.54) is 32.0 Å². The van der Waals surface area contributed by atoms with E-state index in [4.69, 9.17) is 4.74 Å². The van der Waals surface area contributed by atoms with Crippen molar-refractivity contribution in [2.24, 2.45) is 0 Å². The summed E-state index contributed by atoms with van der Waals surface area (Å²) < 4.78 is 6.11. The molecule has 0 saturated heterocycles. The van der Waals surface area contributed by atoms with Crippen LogP contribution < -0.4 is 4.74 Å². The average molecular weight is 393 g/mol. The topological polar surface area (TPSA) is 9.23 Å². The lowest BCUT2D eigenvalue weighted by molar-refractivity contribution is 0.303. The number of hydrogen-bond acceptors (Lipinski definition) is 2. The van der Waals surface area contributed by atoms with Crippen LogP contribution in [0.4, 0.5) is 0 Å². The number of rotatable bonds is 8. The molecule has 0 radical (unpaired) electrons. The molecule has 1 heterocycles. The average Bonchev–Trinajstić information content (AvgIpc) is 3.10. The molecule has 0 atom stereocenters. The van der Waals surface area contributed by atoms with E-state index in [1.807, 2.05) is 17.4 Å². The maximum absolute atomic E-state index is 6.11. The van der Waals surface area contributed by atoms with Gasteiger partial charge in [-0.3, -0.25) is 0 Å². The number of hydrogen-bond donors (Lipinski definition) is 0. The van der Waals surface area contributed by atoms with Crippen molar-refractivity contribution in [1.29, 1.82) is 0 Å². The van der Waals surface area contributed by atoms with Gasteiger partial charge in [0.1, 0.15) is 12.4 Å². The van der Waals surface area contributed by atoms with Crippen LogP contribution in [0.5, 0.6) is 5.75 Å². The molecule has 3 aromatic rings. The maximum Gasteiger partial charge on any atom is 0.122 e. The minimum absolute atomic E-state index is 0.0889. The Bertz CT molecular complexity index is 903. The zero-order valence-corrected chi connectivity index (χ0v) is 18.7. The predicted molar refractivity (Wildman–Crippen MR) is 122 cm³/mol. The molecule has 0 aliphatic carbocycles. The molecule has 148 valence electrons. The first kappa shape index (κ1) is 20.7. The highest BCUT2D eigenvalue weighted by atomic mass is 32.1. The highest BCUT2D eigenvalue weighted by Gasteiger charge is 2.33. The molecule has 0 amide bonds. The summed E-state index contributed by atoms with van der Waals surface area (Å²) in [6, 6.07) is 19.6. The molecule has 0 spiro atoms. The number of thiophene rings is 1. The van der Waals surface area contributed by atoms with E-state index >= 15 is 0 Å². The van der Waals surface area contributed by atoms with Gasteiger partial charge in [-0.25, -0.2) is 0 Å². The van der Waals surface area contributed by atoms with Crippen LogP contribution in [0.1, 0.15) is 65.6 Å². The fourth-order valence-corrected chi connectivity index (χ4v) is 5.57. The highest BCUT2D eigenvalue weighted by molar-refractivity contribution is 7.12. The van der Waals surface area contributed by atoms with E-state index in [0.29, 0.717) is 6.61 Å². The smallest absolute Gasteiger partial charge is 0.122 e. The maximum atomic E-state index is 6.11. The Morgan fingerprint density at radius 2 is 1.57 bits per heavy atom. The van der Waals surface area contributed by atoms with E-state index in [9.17, 15) is 0 Å². The van der Waals surface area contributed by atoms with Crippen LogP contribution in [0.25, 0.3) is 0 Å². The number of ether oxygens (including phenoxy) is 1. The monoisotopic (exact) mass is 392 g/mol. The molecule has 2 heteroatoms. The molecular weight excluding hydrogens is 360 g/mol. The lowest BCUT2D eigenvalue weighted by atomic mass is 9.74. The summed E-state index contributed by atoms with van der Waals surface area (Å²) in [5.74, 6) is 0.977. The standard InChI is InChI=1S/C26H32OS/c1-6-24-20(5)17-25(28-24)26(7-2,8-3)22-14-15-23(19(4)16-22)27-18-21-12-10-9-11-13-21/h9-17H,6-8,18H2,1-5H3. The minimum Gasteiger partial charge on any atom is -0.489 e. The van der Waals surface area contributed by atoms with Gasteiger partial charge in [-0.05, 0) is 67.5 Å². The molecule has 0 aliphatic heterocycles. The van der Waals surface area contributed by atoms with Crippen LogP contribution in [0.2, 0.25) is 0 Å². The van der Waals surface area contributed by atoms with Gasteiger partial charge in [0.05, 0.1) is 0 Å². The molecule has 3 rings (SSSR count). The van der Waals surface area contributed by atoms with Crippen molar-refractivity contribution in [3.05, 3.63) is 86.6 Å². The first-order chi connectivity index (χ1) is 13.5. The van der Waals surface area contributed by atoms with Crippen molar-refractivity contribution in [3.8, 4) is 5.75 Å². The molecular formula is C26H32OS. The van der Waals surface area contributed by atoms with Gasteiger partial charge in [0.15, 0.2) is 0 Å². The Kier molecular flexibility index (Phi) is 6.61. The van der Waals surface area contributed by atoms with Crippen molar-refractivity contribution in [2.75, 3.05) is 0 Å². The minimum atomic E-state index is 0.0889. The first-order valence-corrected chi connectivity index (χ1v) is 11.2. The number of aryl methyl sites for hydroxylation is 3. The van der Waals surface area contributed by atoms with Crippen molar-refractivity contribution in [1.82, 2.24) is 0 Å². The zero-order valence-electron chi connectivity index (χ0n) is 17.8. The Hall–Kier alpha value is -2.06. The van der Waals surface area contributed by atoms with Gasteiger partial charge in [0, 0.05) is 15.2 Å². The lowest BCUT2D eigenvalue weighted by Crippen LogP contribution is -2.25. The van der Waals surface area contributed by atoms with Crippen molar-refractivity contribution >= 4 is 11.3 Å². The van der Waals surface area contributed by atoms with Crippen molar-refractivity contribution in [3.63, 3.8) is 0 Å². The summed E-state index contributed by atoms with van der Waals surface area (Å²) >= 11 is 2.00. The molecule has 0 N–H and O–H groups in total. The molecule has 0 saturated carbocycles. The summed E-state index contributed by atoms with van der Waals surface area (Å²) in [6.45, 7) is 11.9. The van der Waals surface area contributed by atoms with Gasteiger partial charge in [-0.1, -0.05) is 63.2 Å². The lowest BCUT2D eigenvalue weighted by Gasteiger charge is -2.32. The summed E-state index contributed by atoms with van der Waals surface area (Å²) in [5, 5.41) is 0. The van der Waals surface area contributed by atoms with Gasteiger partial charge in [0.25, 0.3) is 0 Å². The van der Waals surface area contributed by atoms with Crippen LogP contribution in [0, 0.1) is 13.8 Å². The fraction of sp³-hybridized carbons (Fsp3) is 0.385. The third kappa shape index (κ3) is 4.03. The summed E-state index contributed by atoms with van der Waals surface area (Å²) in [5.41, 5.74) is 5.34. The van der Waals surface area contributed by atoms with Crippen LogP contribution in [-0.4, -0.2) is 0 Å². The third-order valence-corrected chi connectivity index (χ3v) is 7.57. The van der Waals surface area contributed by atoms with Crippen LogP contribution in [-0.2, 0) is 18.4 Å². The van der Waals surface area contributed by atoms with E-state index in [1.54, 1.807) is 0 Å². The van der Waals surface area contributed by atoms with Gasteiger partial charge in [0.2, 0.25) is 0 Å². The van der Waals surface area contributed by atoms with Crippen molar-refractivity contribution in [2.45, 2.75) is 65.9 Å². The molecule has 0 aliphatic rings. The Morgan fingerprint density at radius 1 is 0.857 bits per heavy atom. The normalized spacial score (nSPS) is 11.6. The molecule has 0 fully saturated rings. The quantitative estimate of drug-likeness (QED) is 0.383. The zero-order chi connectivity index (χ0) is 20.1. The van der Waals surface area contributed by atoms with E-state index in [-0.39, 0.29) is 5.41 Å². The van der Waals surface area contributed by atoms with Gasteiger partial charge in [-0.2, -0.15) is 0 Å². The first-order valence-electron chi connectivity index (χ1n) is 10.4. The van der Waals surface area contributed by atoms with Crippen LogP contribution >= 0.6 is 11.3 Å². The summed E-state index contributed by atoms with van der Waals surface area (Å²) in [6.07, 6.45) is 3.33. The SMILES string of the molecule is CCc1sc(C(CC)(CC)c2ccc(OCc3ccccc3)c(C)c2)cc1C. The molecule has 1 aromatic heterocycles. The van der Waals surface area contributed by atoms with Crippen LogP contribution in [0.3, 0.4) is 0 Å². The van der Waals surface area contributed by atoms with E-state index < -0.39 is 0 Å². The largest absolute Gasteiger partial charge is 0.489 e. The second-order valence-electron chi connectivity index (χ2n) is 7.61. The fourth-order valence-electron chi connectivity index (χ4n) is 4.10. The number of benzene rings is 2. The predicted octanol–water partition coefficient (Wildman–Crippen LogP) is 7.61. The van der Waals surface area contributed by atoms with Crippen molar-refractivity contribution < 1.29 is 4.74 Å². The van der Waals surface area contributed by atoms with E-state index in [2.05, 4.69) is 83.1 Å². The molecule has 2 aromatic carbocycles. The molecule has 28 heavy (non-hydrogen) atoms. The summed E-state index contributed by atoms with van der Waals surface area (Å²) in [4.78, 5) is 3.02. The molecule has 1 nitrogen and oxygen atoms in total. The van der Waals surface area contributed by atoms with Gasteiger partial charge in [-0.15, -0.1) is 11.3 Å². The van der Waals surface area contributed by atoms with E-state index in [0.717, 1.165) is 25.0 Å². The Balaban J connectivity index is 1.90. The van der Waals surface area contributed by atoms with Crippen LogP contribution in [0.15, 0.2) is 54.6 Å². The second kappa shape index (κ2) is 8.96.